The summed E-state index contributed by atoms with van der Waals surface area (Å²) in [5, 5.41) is 3.62. The first-order valence-corrected chi connectivity index (χ1v) is 11.8. The number of carbonyl (C=O) groups excluding carboxylic acids is 2. The van der Waals surface area contributed by atoms with Crippen LogP contribution in [0.25, 0.3) is 10.4 Å². The molecule has 2 aromatic rings. The molecule has 1 aromatic carbocycles. The molecule has 1 saturated carbocycles. The van der Waals surface area contributed by atoms with Crippen molar-refractivity contribution in [2.45, 2.75) is 38.1 Å². The average molecular weight is 508 g/mol. The summed E-state index contributed by atoms with van der Waals surface area (Å²) >= 11 is 4.80. The van der Waals surface area contributed by atoms with Gasteiger partial charge >= 0.3 is 11.9 Å². The molecule has 1 N–H and O–H groups in total. The maximum atomic E-state index is 12.3. The fourth-order valence-electron chi connectivity index (χ4n) is 3.50. The van der Waals surface area contributed by atoms with Crippen molar-refractivity contribution in [1.29, 1.82) is 0 Å². The van der Waals surface area contributed by atoms with Gasteiger partial charge in [-0.25, -0.2) is 9.59 Å². The van der Waals surface area contributed by atoms with Crippen LogP contribution in [0.1, 0.15) is 41.8 Å². The molecule has 0 amide bonds. The molecule has 1 aliphatic carbocycles. The zero-order valence-electron chi connectivity index (χ0n) is 17.4. The molecule has 1 aromatic heterocycles. The van der Waals surface area contributed by atoms with Crippen LogP contribution in [0.4, 0.5) is 5.69 Å². The molecular formula is C23H26BrNO5S. The van der Waals surface area contributed by atoms with Gasteiger partial charge in [0, 0.05) is 11.7 Å². The Morgan fingerprint density at radius 1 is 1.29 bits per heavy atom. The molecule has 0 saturated heterocycles. The largest absolute Gasteiger partial charge is 0.479 e. The summed E-state index contributed by atoms with van der Waals surface area (Å²) in [5.41, 5.74) is 1.98. The predicted octanol–water partition coefficient (Wildman–Crippen LogP) is 5.82. The van der Waals surface area contributed by atoms with Gasteiger partial charge in [-0.3, -0.25) is 0 Å². The van der Waals surface area contributed by atoms with Gasteiger partial charge in [0.05, 0.1) is 16.5 Å². The smallest absolute Gasteiger partial charge is 0.351 e. The van der Waals surface area contributed by atoms with Crippen LogP contribution >= 0.6 is 27.3 Å². The lowest BCUT2D eigenvalue weighted by molar-refractivity contribution is -0.144. The van der Waals surface area contributed by atoms with E-state index < -0.39 is 11.9 Å². The number of anilines is 1. The average Bonchev–Trinajstić information content (AvgIpc) is 3.12. The number of hydrogen-bond acceptors (Lipinski definition) is 7. The van der Waals surface area contributed by atoms with Crippen molar-refractivity contribution in [1.82, 2.24) is 0 Å². The Labute approximate surface area is 194 Å². The topological polar surface area (TPSA) is 73.9 Å². The minimum absolute atomic E-state index is 0.100. The lowest BCUT2D eigenvalue weighted by Gasteiger charge is -2.24. The number of esters is 2. The zero-order chi connectivity index (χ0) is 22.2. The molecule has 8 heteroatoms. The second kappa shape index (κ2) is 11.3. The van der Waals surface area contributed by atoms with E-state index in [-0.39, 0.29) is 23.8 Å². The molecule has 0 radical (unpaired) electrons. The van der Waals surface area contributed by atoms with E-state index in [1.54, 1.807) is 0 Å². The van der Waals surface area contributed by atoms with Gasteiger partial charge < -0.3 is 19.5 Å². The third-order valence-electron chi connectivity index (χ3n) is 4.98. The molecule has 1 aliphatic rings. The fourth-order valence-corrected chi connectivity index (χ4v) is 5.46. The van der Waals surface area contributed by atoms with Crippen molar-refractivity contribution in [3.05, 3.63) is 46.3 Å². The molecule has 1 fully saturated rings. The number of carbonyl (C=O) groups is 2. The summed E-state index contributed by atoms with van der Waals surface area (Å²) in [6.45, 7) is 3.28. The molecule has 6 nitrogen and oxygen atoms in total. The van der Waals surface area contributed by atoms with Crippen molar-refractivity contribution in [3.8, 4) is 16.2 Å². The Balaban J connectivity index is 1.84. The van der Waals surface area contributed by atoms with E-state index in [2.05, 4.69) is 33.9 Å². The first-order chi connectivity index (χ1) is 15.0. The molecule has 0 unspecified atom stereocenters. The van der Waals surface area contributed by atoms with Crippen molar-refractivity contribution >= 4 is 44.9 Å². The van der Waals surface area contributed by atoms with Crippen molar-refractivity contribution in [2.24, 2.45) is 0 Å². The summed E-state index contributed by atoms with van der Waals surface area (Å²) < 4.78 is 16.1. The predicted molar refractivity (Wildman–Crippen MR) is 126 cm³/mol. The third kappa shape index (κ3) is 6.11. The van der Waals surface area contributed by atoms with Crippen LogP contribution in [0.15, 0.2) is 41.4 Å². The number of thiophene rings is 1. The highest BCUT2D eigenvalue weighted by Crippen LogP contribution is 2.46. The molecule has 31 heavy (non-hydrogen) atoms. The third-order valence-corrected chi connectivity index (χ3v) is 7.20. The standard InChI is InChI=1S/C23H26BrNO5S/c1-3-12-29-18(26)14-30-20-19(24)21(31-22(20)23(27)28-2)15-8-7-11-17(13-15)25-16-9-5-4-6-10-16/h3,7-8,11,13,16,25H,1,4-6,9-10,12,14H2,2H3. The highest BCUT2D eigenvalue weighted by molar-refractivity contribution is 9.10. The molecule has 3 rings (SSSR count). The van der Waals surface area contributed by atoms with Crippen molar-refractivity contribution < 1.29 is 23.8 Å². The van der Waals surface area contributed by atoms with Gasteiger partial charge in [-0.2, -0.15) is 0 Å². The number of rotatable bonds is 9. The lowest BCUT2D eigenvalue weighted by Crippen LogP contribution is -2.22. The maximum Gasteiger partial charge on any atom is 0.351 e. The zero-order valence-corrected chi connectivity index (χ0v) is 19.9. The number of benzene rings is 1. The lowest BCUT2D eigenvalue weighted by atomic mass is 9.95. The molecule has 0 bridgehead atoms. The summed E-state index contributed by atoms with van der Waals surface area (Å²) in [7, 11) is 1.31. The van der Waals surface area contributed by atoms with Gasteiger partial charge in [0.2, 0.25) is 0 Å². The second-order valence-corrected chi connectivity index (χ2v) is 9.03. The van der Waals surface area contributed by atoms with Gasteiger partial charge in [-0.05, 0) is 46.5 Å². The minimum Gasteiger partial charge on any atom is -0.479 e. The van der Waals surface area contributed by atoms with Gasteiger partial charge in [-0.15, -0.1) is 11.3 Å². The van der Waals surface area contributed by atoms with E-state index in [4.69, 9.17) is 14.2 Å². The number of halogens is 1. The van der Waals surface area contributed by atoms with Gasteiger partial charge in [0.25, 0.3) is 0 Å². The van der Waals surface area contributed by atoms with Crippen LogP contribution in [-0.2, 0) is 14.3 Å². The molecular weight excluding hydrogens is 482 g/mol. The van der Waals surface area contributed by atoms with Crippen LogP contribution in [-0.4, -0.2) is 38.3 Å². The van der Waals surface area contributed by atoms with E-state index in [1.807, 2.05) is 18.2 Å². The van der Waals surface area contributed by atoms with Gasteiger partial charge in [0.1, 0.15) is 6.61 Å². The Bertz CT molecular complexity index is 936. The molecule has 0 atom stereocenters. The minimum atomic E-state index is -0.547. The van der Waals surface area contributed by atoms with E-state index >= 15 is 0 Å². The van der Waals surface area contributed by atoms with Crippen molar-refractivity contribution in [2.75, 3.05) is 25.6 Å². The first-order valence-electron chi connectivity index (χ1n) is 10.2. The van der Waals surface area contributed by atoms with Crippen molar-refractivity contribution in [3.63, 3.8) is 0 Å². The van der Waals surface area contributed by atoms with E-state index in [9.17, 15) is 9.59 Å². The SMILES string of the molecule is C=CCOC(=O)COc1c(C(=O)OC)sc(-c2cccc(NC3CCCCC3)c2)c1Br. The molecule has 1 heterocycles. The Morgan fingerprint density at radius 2 is 2.06 bits per heavy atom. The first kappa shape index (κ1) is 23.3. The van der Waals surface area contributed by atoms with Crippen LogP contribution in [0.3, 0.4) is 0 Å². The highest BCUT2D eigenvalue weighted by atomic mass is 79.9. The monoisotopic (exact) mass is 507 g/mol. The van der Waals surface area contributed by atoms with Gasteiger partial charge in [0.15, 0.2) is 17.2 Å². The maximum absolute atomic E-state index is 12.3. The quantitative estimate of drug-likeness (QED) is 0.340. The van der Waals surface area contributed by atoms with E-state index in [1.165, 1.54) is 56.6 Å². The second-order valence-electron chi connectivity index (χ2n) is 7.22. The summed E-state index contributed by atoms with van der Waals surface area (Å²) in [5.74, 6) is -0.801. The van der Waals surface area contributed by atoms with Crippen LogP contribution in [0, 0.1) is 0 Å². The number of hydrogen-bond donors (Lipinski definition) is 1. The normalized spacial score (nSPS) is 14.0. The Morgan fingerprint density at radius 3 is 2.77 bits per heavy atom. The van der Waals surface area contributed by atoms with Gasteiger partial charge in [-0.1, -0.05) is 44.1 Å². The van der Waals surface area contributed by atoms with Crippen LogP contribution in [0.5, 0.6) is 5.75 Å². The number of nitrogens with one attached hydrogen (secondary N) is 1. The summed E-state index contributed by atoms with van der Waals surface area (Å²) in [4.78, 5) is 25.2. The highest BCUT2D eigenvalue weighted by Gasteiger charge is 2.25. The van der Waals surface area contributed by atoms with E-state index in [0.29, 0.717) is 10.5 Å². The summed E-state index contributed by atoms with van der Waals surface area (Å²) in [6, 6.07) is 8.56. The Hall–Kier alpha value is -2.32. The molecule has 166 valence electrons. The van der Waals surface area contributed by atoms with E-state index in [0.717, 1.165) is 16.1 Å². The Kier molecular flexibility index (Phi) is 8.54. The van der Waals surface area contributed by atoms with Crippen LogP contribution in [0.2, 0.25) is 0 Å². The molecule has 0 aliphatic heterocycles. The fraction of sp³-hybridized carbons (Fsp3) is 0.391. The van der Waals surface area contributed by atoms with Crippen LogP contribution < -0.4 is 10.1 Å². The number of methoxy groups -OCH3 is 1. The number of ether oxygens (including phenoxy) is 3. The summed E-state index contributed by atoms with van der Waals surface area (Å²) in [6.07, 6.45) is 7.66. The molecule has 0 spiro atoms.